The number of rotatable bonds is 2. The smallest absolute Gasteiger partial charge is 0.0799 e. The molecule has 0 unspecified atom stereocenters. The lowest BCUT2D eigenvalue weighted by atomic mass is 10.1. The standard InChI is InChI=1S/C9H13N3.C2H6/c10-9(11)8-3-7(4-12-5-8)6-1-2-6;1-2/h3-6,9H,1-2,10-11H2;1-2H3. The molecule has 4 N–H and O–H groups in total. The fraction of sp³-hybridized carbons (Fsp3) is 0.545. The van der Waals surface area contributed by atoms with Gasteiger partial charge in [0.1, 0.15) is 0 Å². The minimum absolute atomic E-state index is 0.392. The van der Waals surface area contributed by atoms with Gasteiger partial charge >= 0.3 is 0 Å². The van der Waals surface area contributed by atoms with E-state index in [1.165, 1.54) is 18.4 Å². The average molecular weight is 193 g/mol. The second-order valence-electron chi connectivity index (χ2n) is 3.35. The van der Waals surface area contributed by atoms with Crippen molar-refractivity contribution in [2.24, 2.45) is 11.5 Å². The van der Waals surface area contributed by atoms with Gasteiger partial charge in [-0.2, -0.15) is 0 Å². The van der Waals surface area contributed by atoms with E-state index in [-0.39, 0.29) is 0 Å². The van der Waals surface area contributed by atoms with Crippen LogP contribution in [0.5, 0.6) is 0 Å². The molecule has 3 heteroatoms. The van der Waals surface area contributed by atoms with Crippen molar-refractivity contribution in [3.05, 3.63) is 29.6 Å². The molecule has 1 heterocycles. The molecule has 14 heavy (non-hydrogen) atoms. The van der Waals surface area contributed by atoms with Crippen LogP contribution in [0.25, 0.3) is 0 Å². The number of hydrogen-bond donors (Lipinski definition) is 2. The van der Waals surface area contributed by atoms with Crippen molar-refractivity contribution in [1.29, 1.82) is 0 Å². The van der Waals surface area contributed by atoms with Crippen molar-refractivity contribution < 1.29 is 0 Å². The van der Waals surface area contributed by atoms with E-state index in [0.717, 1.165) is 11.5 Å². The van der Waals surface area contributed by atoms with Crippen molar-refractivity contribution >= 4 is 0 Å². The Morgan fingerprint density at radius 3 is 2.43 bits per heavy atom. The molecule has 0 aromatic carbocycles. The van der Waals surface area contributed by atoms with Crippen LogP contribution >= 0.6 is 0 Å². The van der Waals surface area contributed by atoms with Crippen molar-refractivity contribution in [1.82, 2.24) is 4.98 Å². The minimum atomic E-state index is -0.392. The van der Waals surface area contributed by atoms with Crippen molar-refractivity contribution in [3.63, 3.8) is 0 Å². The van der Waals surface area contributed by atoms with Crippen LogP contribution in [-0.2, 0) is 0 Å². The van der Waals surface area contributed by atoms with Gasteiger partial charge in [-0.3, -0.25) is 4.98 Å². The molecule has 1 aliphatic rings. The van der Waals surface area contributed by atoms with Crippen LogP contribution in [0.3, 0.4) is 0 Å². The summed E-state index contributed by atoms with van der Waals surface area (Å²) in [7, 11) is 0. The van der Waals surface area contributed by atoms with Gasteiger partial charge in [0.05, 0.1) is 6.17 Å². The number of aromatic nitrogens is 1. The molecule has 0 saturated heterocycles. The zero-order chi connectivity index (χ0) is 10.6. The second-order valence-corrected chi connectivity index (χ2v) is 3.35. The quantitative estimate of drug-likeness (QED) is 0.705. The van der Waals surface area contributed by atoms with Gasteiger partial charge in [0.2, 0.25) is 0 Å². The van der Waals surface area contributed by atoms with E-state index >= 15 is 0 Å². The summed E-state index contributed by atoms with van der Waals surface area (Å²) < 4.78 is 0. The highest BCUT2D eigenvalue weighted by Gasteiger charge is 2.23. The molecule has 1 aromatic rings. The third-order valence-corrected chi connectivity index (χ3v) is 2.21. The first-order valence-electron chi connectivity index (χ1n) is 5.23. The fourth-order valence-corrected chi connectivity index (χ4v) is 1.30. The van der Waals surface area contributed by atoms with Gasteiger partial charge in [-0.15, -0.1) is 0 Å². The monoisotopic (exact) mass is 193 g/mol. The van der Waals surface area contributed by atoms with Gasteiger partial charge in [0, 0.05) is 18.0 Å². The largest absolute Gasteiger partial charge is 0.312 e. The van der Waals surface area contributed by atoms with Crippen molar-refractivity contribution in [2.45, 2.75) is 38.8 Å². The van der Waals surface area contributed by atoms with Gasteiger partial charge in [0.25, 0.3) is 0 Å². The molecule has 1 aromatic heterocycles. The molecule has 0 radical (unpaired) electrons. The normalized spacial score (nSPS) is 14.9. The van der Waals surface area contributed by atoms with Crippen molar-refractivity contribution in [3.8, 4) is 0 Å². The predicted molar refractivity (Wildman–Crippen MR) is 58.7 cm³/mol. The van der Waals surface area contributed by atoms with Crippen LogP contribution in [0.15, 0.2) is 18.5 Å². The Hall–Kier alpha value is -0.930. The summed E-state index contributed by atoms with van der Waals surface area (Å²) in [5, 5.41) is 0. The minimum Gasteiger partial charge on any atom is -0.312 e. The lowest BCUT2D eigenvalue weighted by Crippen LogP contribution is -2.20. The number of nitrogens with two attached hydrogens (primary N) is 2. The molecular weight excluding hydrogens is 174 g/mol. The Kier molecular flexibility index (Phi) is 4.04. The molecule has 0 amide bonds. The van der Waals surface area contributed by atoms with Gasteiger partial charge in [-0.1, -0.05) is 13.8 Å². The average Bonchev–Trinajstić information content (AvgIpc) is 3.04. The van der Waals surface area contributed by atoms with Gasteiger partial charge in [0.15, 0.2) is 0 Å². The summed E-state index contributed by atoms with van der Waals surface area (Å²) in [5.74, 6) is 0.719. The lowest BCUT2D eigenvalue weighted by Gasteiger charge is -2.06. The van der Waals surface area contributed by atoms with E-state index in [1.54, 1.807) is 6.20 Å². The summed E-state index contributed by atoms with van der Waals surface area (Å²) in [4.78, 5) is 4.11. The number of pyridine rings is 1. The zero-order valence-electron chi connectivity index (χ0n) is 8.90. The summed E-state index contributed by atoms with van der Waals surface area (Å²) in [6.07, 6.45) is 5.81. The SMILES string of the molecule is CC.NC(N)c1cncc(C2CC2)c1. The van der Waals surface area contributed by atoms with E-state index in [2.05, 4.69) is 11.1 Å². The van der Waals surface area contributed by atoms with Crippen LogP contribution in [-0.4, -0.2) is 4.98 Å². The van der Waals surface area contributed by atoms with E-state index in [4.69, 9.17) is 11.5 Å². The summed E-state index contributed by atoms with van der Waals surface area (Å²) in [5.41, 5.74) is 13.3. The molecule has 1 saturated carbocycles. The maximum atomic E-state index is 5.54. The maximum Gasteiger partial charge on any atom is 0.0799 e. The van der Waals surface area contributed by atoms with E-state index < -0.39 is 6.17 Å². The van der Waals surface area contributed by atoms with Crippen LogP contribution in [0.1, 0.15) is 49.9 Å². The maximum absolute atomic E-state index is 5.54. The molecule has 1 fully saturated rings. The molecule has 2 rings (SSSR count). The van der Waals surface area contributed by atoms with Gasteiger partial charge in [-0.05, 0) is 30.4 Å². The number of hydrogen-bond acceptors (Lipinski definition) is 3. The Balaban J connectivity index is 0.000000461. The topological polar surface area (TPSA) is 64.9 Å². The van der Waals surface area contributed by atoms with E-state index in [1.807, 2.05) is 20.0 Å². The zero-order valence-corrected chi connectivity index (χ0v) is 8.90. The predicted octanol–water partition coefficient (Wildman–Crippen LogP) is 1.90. The summed E-state index contributed by atoms with van der Waals surface area (Å²) in [6.45, 7) is 4.00. The molecule has 0 spiro atoms. The first-order valence-corrected chi connectivity index (χ1v) is 5.23. The van der Waals surface area contributed by atoms with Gasteiger partial charge in [-0.25, -0.2) is 0 Å². The fourth-order valence-electron chi connectivity index (χ4n) is 1.30. The number of nitrogens with zero attached hydrogens (tertiary/aromatic N) is 1. The molecule has 0 bridgehead atoms. The molecular formula is C11H19N3. The highest BCUT2D eigenvalue weighted by atomic mass is 14.9. The Morgan fingerprint density at radius 1 is 1.29 bits per heavy atom. The highest BCUT2D eigenvalue weighted by Crippen LogP contribution is 2.39. The molecule has 3 nitrogen and oxygen atoms in total. The van der Waals surface area contributed by atoms with Gasteiger partial charge < -0.3 is 11.5 Å². The molecule has 0 atom stereocenters. The first kappa shape index (κ1) is 11.1. The van der Waals surface area contributed by atoms with Crippen LogP contribution < -0.4 is 11.5 Å². The Bertz CT molecular complexity index is 262. The van der Waals surface area contributed by atoms with Crippen LogP contribution in [0.4, 0.5) is 0 Å². The highest BCUT2D eigenvalue weighted by molar-refractivity contribution is 5.26. The summed E-state index contributed by atoms with van der Waals surface area (Å²) >= 11 is 0. The third-order valence-electron chi connectivity index (χ3n) is 2.21. The van der Waals surface area contributed by atoms with E-state index in [0.29, 0.717) is 0 Å². The van der Waals surface area contributed by atoms with E-state index in [9.17, 15) is 0 Å². The lowest BCUT2D eigenvalue weighted by molar-refractivity contribution is 0.765. The van der Waals surface area contributed by atoms with Crippen LogP contribution in [0.2, 0.25) is 0 Å². The molecule has 0 aliphatic heterocycles. The summed E-state index contributed by atoms with van der Waals surface area (Å²) in [6, 6.07) is 2.06. The Morgan fingerprint density at radius 2 is 1.93 bits per heavy atom. The van der Waals surface area contributed by atoms with Crippen LogP contribution in [0, 0.1) is 0 Å². The second kappa shape index (κ2) is 5.08. The third kappa shape index (κ3) is 2.79. The van der Waals surface area contributed by atoms with Crippen molar-refractivity contribution in [2.75, 3.05) is 0 Å². The first-order chi connectivity index (χ1) is 6.77. The molecule has 78 valence electrons. The molecule has 1 aliphatic carbocycles. The Labute approximate surface area is 85.5 Å².